The van der Waals surface area contributed by atoms with Gasteiger partial charge in [0, 0.05) is 0 Å². The summed E-state index contributed by atoms with van der Waals surface area (Å²) in [6, 6.07) is 3.65. The number of rotatable bonds is 5. The molecule has 6 nitrogen and oxygen atoms in total. The number of anilines is 1. The van der Waals surface area contributed by atoms with Crippen molar-refractivity contribution < 1.29 is 9.15 Å². The molecule has 90 valence electrons. The van der Waals surface area contributed by atoms with Crippen molar-refractivity contribution in [1.82, 2.24) is 9.97 Å². The minimum Gasteiger partial charge on any atom is -0.469 e. The number of nitrogens with one attached hydrogen (secondary N) is 1. The van der Waals surface area contributed by atoms with E-state index in [0.717, 1.165) is 17.7 Å². The van der Waals surface area contributed by atoms with Gasteiger partial charge in [-0.3, -0.25) is 0 Å². The molecule has 0 aliphatic rings. The van der Waals surface area contributed by atoms with Crippen molar-refractivity contribution in [3.05, 3.63) is 36.0 Å². The van der Waals surface area contributed by atoms with E-state index in [2.05, 4.69) is 15.4 Å². The van der Waals surface area contributed by atoms with E-state index >= 15 is 0 Å². The van der Waals surface area contributed by atoms with Crippen molar-refractivity contribution in [2.45, 2.75) is 20.0 Å². The molecule has 0 spiro atoms. The van der Waals surface area contributed by atoms with E-state index in [0.29, 0.717) is 18.3 Å². The molecule has 2 aromatic heterocycles. The third-order valence-electron chi connectivity index (χ3n) is 2.33. The van der Waals surface area contributed by atoms with Crippen LogP contribution in [0.15, 0.2) is 29.1 Å². The first-order valence-electron chi connectivity index (χ1n) is 5.30. The van der Waals surface area contributed by atoms with E-state index in [1.165, 1.54) is 6.33 Å². The van der Waals surface area contributed by atoms with Crippen molar-refractivity contribution in [3.63, 3.8) is 0 Å². The molecule has 2 rings (SSSR count). The number of ether oxygens (including phenoxy) is 1. The highest BCUT2D eigenvalue weighted by molar-refractivity contribution is 5.47. The van der Waals surface area contributed by atoms with Gasteiger partial charge in [-0.25, -0.2) is 15.8 Å². The quantitative estimate of drug-likeness (QED) is 0.602. The number of nitrogen functional groups attached to an aromatic ring is 1. The fraction of sp³-hybridized carbons (Fsp3) is 0.273. The third-order valence-corrected chi connectivity index (χ3v) is 2.33. The van der Waals surface area contributed by atoms with Crippen LogP contribution in [0.3, 0.4) is 0 Å². The predicted octanol–water partition coefficient (Wildman–Crippen LogP) is 1.50. The van der Waals surface area contributed by atoms with Crippen LogP contribution in [0.2, 0.25) is 0 Å². The monoisotopic (exact) mass is 234 g/mol. The maximum absolute atomic E-state index is 5.57. The van der Waals surface area contributed by atoms with Crippen molar-refractivity contribution in [1.29, 1.82) is 0 Å². The molecule has 17 heavy (non-hydrogen) atoms. The van der Waals surface area contributed by atoms with Gasteiger partial charge in [-0.15, -0.1) is 0 Å². The van der Waals surface area contributed by atoms with Crippen LogP contribution in [-0.2, 0) is 13.0 Å². The van der Waals surface area contributed by atoms with Crippen LogP contribution in [-0.4, -0.2) is 9.97 Å². The Morgan fingerprint density at radius 2 is 2.35 bits per heavy atom. The maximum Gasteiger partial charge on any atom is 0.222 e. The summed E-state index contributed by atoms with van der Waals surface area (Å²) in [5, 5.41) is 0. The summed E-state index contributed by atoms with van der Waals surface area (Å²) in [7, 11) is 0. The van der Waals surface area contributed by atoms with Gasteiger partial charge in [-0.1, -0.05) is 6.92 Å². The van der Waals surface area contributed by atoms with E-state index in [-0.39, 0.29) is 0 Å². The minimum absolute atomic E-state index is 0.334. The molecule has 0 saturated heterocycles. The lowest BCUT2D eigenvalue weighted by molar-refractivity contribution is 0.258. The lowest BCUT2D eigenvalue weighted by Gasteiger charge is -2.10. The zero-order valence-corrected chi connectivity index (χ0v) is 9.51. The van der Waals surface area contributed by atoms with Gasteiger partial charge in [0.15, 0.2) is 0 Å². The number of aromatic nitrogens is 2. The lowest BCUT2D eigenvalue weighted by atomic mass is 10.2. The number of hydrogen-bond acceptors (Lipinski definition) is 6. The van der Waals surface area contributed by atoms with Gasteiger partial charge >= 0.3 is 0 Å². The highest BCUT2D eigenvalue weighted by atomic mass is 16.5. The van der Waals surface area contributed by atoms with Crippen LogP contribution in [0.1, 0.15) is 18.2 Å². The Balaban J connectivity index is 2.14. The normalized spacial score (nSPS) is 10.2. The smallest absolute Gasteiger partial charge is 0.222 e. The Labute approximate surface area is 98.8 Å². The van der Waals surface area contributed by atoms with Crippen molar-refractivity contribution in [2.75, 3.05) is 5.43 Å². The summed E-state index contributed by atoms with van der Waals surface area (Å²) < 4.78 is 10.8. The first-order chi connectivity index (χ1) is 8.35. The molecule has 0 radical (unpaired) electrons. The Kier molecular flexibility index (Phi) is 3.56. The average Bonchev–Trinajstić information content (AvgIpc) is 2.88. The summed E-state index contributed by atoms with van der Waals surface area (Å²) in [5.74, 6) is 7.22. The fourth-order valence-electron chi connectivity index (χ4n) is 1.50. The second kappa shape index (κ2) is 5.31. The summed E-state index contributed by atoms with van der Waals surface area (Å²) in [4.78, 5) is 8.11. The van der Waals surface area contributed by atoms with Gasteiger partial charge in [0.25, 0.3) is 0 Å². The van der Waals surface area contributed by atoms with Crippen LogP contribution in [0.5, 0.6) is 5.88 Å². The Bertz CT molecular complexity index is 470. The van der Waals surface area contributed by atoms with E-state index in [1.807, 2.05) is 19.1 Å². The molecule has 0 aromatic carbocycles. The van der Waals surface area contributed by atoms with Gasteiger partial charge in [-0.2, -0.15) is 0 Å². The van der Waals surface area contributed by atoms with Gasteiger partial charge < -0.3 is 14.6 Å². The molecule has 0 atom stereocenters. The molecular weight excluding hydrogens is 220 g/mol. The molecule has 0 aliphatic heterocycles. The molecule has 2 aromatic rings. The maximum atomic E-state index is 5.57. The number of hydrazine groups is 1. The number of nitrogens with zero attached hydrogens (tertiary/aromatic N) is 2. The molecule has 0 bridgehead atoms. The SMILES string of the molecule is CCc1c(NN)ncnc1OCc1ccco1. The molecule has 6 heteroatoms. The molecule has 2 heterocycles. The first-order valence-corrected chi connectivity index (χ1v) is 5.30. The highest BCUT2D eigenvalue weighted by Crippen LogP contribution is 2.22. The molecule has 0 saturated carbocycles. The molecule has 0 fully saturated rings. The molecular formula is C11H14N4O2. The molecule has 3 N–H and O–H groups in total. The number of hydrogen-bond donors (Lipinski definition) is 2. The Hall–Kier alpha value is -2.08. The molecule has 0 aliphatic carbocycles. The first kappa shape index (κ1) is 11.4. The zero-order chi connectivity index (χ0) is 12.1. The van der Waals surface area contributed by atoms with Crippen LogP contribution >= 0.6 is 0 Å². The van der Waals surface area contributed by atoms with Crippen LogP contribution < -0.4 is 16.0 Å². The lowest BCUT2D eigenvalue weighted by Crippen LogP contribution is -2.12. The molecule has 0 unspecified atom stereocenters. The number of nitrogens with two attached hydrogens (primary N) is 1. The second-order valence-corrected chi connectivity index (χ2v) is 3.37. The average molecular weight is 234 g/mol. The topological polar surface area (TPSA) is 86.2 Å². The Morgan fingerprint density at radius 1 is 1.47 bits per heavy atom. The van der Waals surface area contributed by atoms with Gasteiger partial charge in [-0.05, 0) is 18.6 Å². The largest absolute Gasteiger partial charge is 0.469 e. The zero-order valence-electron chi connectivity index (χ0n) is 9.51. The summed E-state index contributed by atoms with van der Waals surface area (Å²) in [6.45, 7) is 2.32. The van der Waals surface area contributed by atoms with E-state index in [9.17, 15) is 0 Å². The summed E-state index contributed by atoms with van der Waals surface area (Å²) in [6.07, 6.45) is 3.74. The predicted molar refractivity (Wildman–Crippen MR) is 62.3 cm³/mol. The van der Waals surface area contributed by atoms with Gasteiger partial charge in [0.2, 0.25) is 5.88 Å². The summed E-state index contributed by atoms with van der Waals surface area (Å²) in [5.41, 5.74) is 3.37. The third kappa shape index (κ3) is 2.54. The highest BCUT2D eigenvalue weighted by Gasteiger charge is 2.10. The van der Waals surface area contributed by atoms with Gasteiger partial charge in [0.05, 0.1) is 11.8 Å². The van der Waals surface area contributed by atoms with E-state index in [1.54, 1.807) is 6.26 Å². The van der Waals surface area contributed by atoms with Crippen molar-refractivity contribution >= 4 is 5.82 Å². The van der Waals surface area contributed by atoms with Crippen LogP contribution in [0, 0.1) is 0 Å². The van der Waals surface area contributed by atoms with Crippen LogP contribution in [0.4, 0.5) is 5.82 Å². The summed E-state index contributed by atoms with van der Waals surface area (Å²) >= 11 is 0. The van der Waals surface area contributed by atoms with E-state index < -0.39 is 0 Å². The minimum atomic E-state index is 0.334. The van der Waals surface area contributed by atoms with Gasteiger partial charge in [0.1, 0.15) is 24.5 Å². The van der Waals surface area contributed by atoms with Crippen molar-refractivity contribution in [3.8, 4) is 5.88 Å². The standard InChI is InChI=1S/C11H14N4O2/c1-2-9-10(15-12)13-7-14-11(9)17-6-8-4-3-5-16-8/h3-5,7H,2,6,12H2,1H3,(H,13,14,15). The second-order valence-electron chi connectivity index (χ2n) is 3.37. The number of furan rings is 1. The van der Waals surface area contributed by atoms with E-state index in [4.69, 9.17) is 15.0 Å². The molecule has 0 amide bonds. The fourth-order valence-corrected chi connectivity index (χ4v) is 1.50. The van der Waals surface area contributed by atoms with Crippen LogP contribution in [0.25, 0.3) is 0 Å². The van der Waals surface area contributed by atoms with Crippen molar-refractivity contribution in [2.24, 2.45) is 5.84 Å². The Morgan fingerprint density at radius 3 is 3.00 bits per heavy atom.